The zero-order valence-corrected chi connectivity index (χ0v) is 15.3. The molecule has 1 aromatic rings. The normalized spacial score (nSPS) is 13.9. The maximum Gasteiger partial charge on any atom is 0.307 e. The molecular weight excluding hydrogens is 306 g/mol. The molecule has 5 heteroatoms. The molecular formula is C19H29NO4. The van der Waals surface area contributed by atoms with Crippen molar-refractivity contribution in [2.45, 2.75) is 52.7 Å². The summed E-state index contributed by atoms with van der Waals surface area (Å²) in [6.45, 7) is 8.32. The molecule has 0 aliphatic carbocycles. The van der Waals surface area contributed by atoms with E-state index in [1.54, 1.807) is 6.92 Å². The average molecular weight is 335 g/mol. The summed E-state index contributed by atoms with van der Waals surface area (Å²) in [5.41, 5.74) is 0.753. The molecule has 0 aliphatic heterocycles. The maximum absolute atomic E-state index is 12.6. The summed E-state index contributed by atoms with van der Waals surface area (Å²) >= 11 is 0. The SMILES string of the molecule is CCOC(=O)C[C@@H](CC(C)(C)C)NC(=O)[C@H](OC)c1ccccc1. The van der Waals surface area contributed by atoms with Gasteiger partial charge in [-0.1, -0.05) is 51.1 Å². The molecule has 5 nitrogen and oxygen atoms in total. The number of hydrogen-bond acceptors (Lipinski definition) is 4. The van der Waals surface area contributed by atoms with Crippen molar-refractivity contribution in [3.63, 3.8) is 0 Å². The fourth-order valence-electron chi connectivity index (χ4n) is 2.63. The second-order valence-electron chi connectivity index (χ2n) is 7.01. The van der Waals surface area contributed by atoms with Crippen molar-refractivity contribution in [3.8, 4) is 0 Å². The van der Waals surface area contributed by atoms with Crippen LogP contribution in [0.5, 0.6) is 0 Å². The summed E-state index contributed by atoms with van der Waals surface area (Å²) in [4.78, 5) is 24.4. The number of carbonyl (C=O) groups is 2. The van der Waals surface area contributed by atoms with Crippen LogP contribution >= 0.6 is 0 Å². The van der Waals surface area contributed by atoms with E-state index < -0.39 is 6.10 Å². The number of carbonyl (C=O) groups excluding carboxylic acids is 2. The van der Waals surface area contributed by atoms with Crippen LogP contribution in [-0.4, -0.2) is 31.6 Å². The summed E-state index contributed by atoms with van der Waals surface area (Å²) in [7, 11) is 1.50. The molecule has 0 bridgehead atoms. The van der Waals surface area contributed by atoms with E-state index in [-0.39, 0.29) is 29.8 Å². The fourth-order valence-corrected chi connectivity index (χ4v) is 2.63. The van der Waals surface area contributed by atoms with Crippen molar-refractivity contribution in [1.29, 1.82) is 0 Å². The Balaban J connectivity index is 2.82. The third-order valence-corrected chi connectivity index (χ3v) is 3.50. The quantitative estimate of drug-likeness (QED) is 0.741. The van der Waals surface area contributed by atoms with E-state index in [4.69, 9.17) is 9.47 Å². The number of amides is 1. The first kappa shape index (κ1) is 20.2. The van der Waals surface area contributed by atoms with Crippen molar-refractivity contribution >= 4 is 11.9 Å². The van der Waals surface area contributed by atoms with Crippen molar-refractivity contribution in [3.05, 3.63) is 35.9 Å². The number of methoxy groups -OCH3 is 1. The Bertz CT molecular complexity index is 522. The van der Waals surface area contributed by atoms with Gasteiger partial charge < -0.3 is 14.8 Å². The maximum atomic E-state index is 12.6. The molecule has 0 spiro atoms. The van der Waals surface area contributed by atoms with Crippen molar-refractivity contribution in [2.24, 2.45) is 5.41 Å². The van der Waals surface area contributed by atoms with Crippen LogP contribution < -0.4 is 5.32 Å². The number of nitrogens with one attached hydrogen (secondary N) is 1. The third-order valence-electron chi connectivity index (χ3n) is 3.50. The second-order valence-corrected chi connectivity index (χ2v) is 7.01. The molecule has 0 saturated heterocycles. The molecule has 24 heavy (non-hydrogen) atoms. The standard InChI is InChI=1S/C19H29NO4/c1-6-24-16(21)12-15(13-19(2,3)4)20-18(22)17(23-5)14-10-8-7-9-11-14/h7-11,15,17H,6,12-13H2,1-5H3,(H,20,22)/t15-,17+/m0/s1. The second kappa shape index (κ2) is 9.42. The van der Waals surface area contributed by atoms with Gasteiger partial charge in [-0.25, -0.2) is 0 Å². The van der Waals surface area contributed by atoms with Gasteiger partial charge in [-0.05, 0) is 24.3 Å². The molecule has 1 rings (SSSR count). The molecule has 1 N–H and O–H groups in total. The van der Waals surface area contributed by atoms with Crippen molar-refractivity contribution in [2.75, 3.05) is 13.7 Å². The summed E-state index contributed by atoms with van der Waals surface area (Å²) in [6, 6.07) is 9.00. The topological polar surface area (TPSA) is 64.6 Å². The lowest BCUT2D eigenvalue weighted by atomic mass is 9.87. The molecule has 1 amide bonds. The molecule has 0 aromatic heterocycles. The highest BCUT2D eigenvalue weighted by Gasteiger charge is 2.27. The molecule has 0 unspecified atom stereocenters. The lowest BCUT2D eigenvalue weighted by molar-refractivity contribution is -0.144. The zero-order chi connectivity index (χ0) is 18.2. The van der Waals surface area contributed by atoms with E-state index in [0.717, 1.165) is 5.56 Å². The number of esters is 1. The largest absolute Gasteiger partial charge is 0.466 e. The average Bonchev–Trinajstić information content (AvgIpc) is 2.47. The highest BCUT2D eigenvalue weighted by Crippen LogP contribution is 2.24. The Labute approximate surface area is 144 Å². The van der Waals surface area contributed by atoms with Gasteiger partial charge in [0, 0.05) is 13.2 Å². The van der Waals surface area contributed by atoms with Crippen LogP contribution in [0.25, 0.3) is 0 Å². The monoisotopic (exact) mass is 335 g/mol. The van der Waals surface area contributed by atoms with Gasteiger partial charge in [0.15, 0.2) is 6.10 Å². The number of benzene rings is 1. The van der Waals surface area contributed by atoms with Crippen molar-refractivity contribution in [1.82, 2.24) is 5.32 Å². The smallest absolute Gasteiger partial charge is 0.307 e. The first-order valence-electron chi connectivity index (χ1n) is 8.30. The van der Waals surface area contributed by atoms with E-state index in [0.29, 0.717) is 13.0 Å². The van der Waals surface area contributed by atoms with E-state index in [2.05, 4.69) is 26.1 Å². The molecule has 0 aliphatic rings. The fraction of sp³-hybridized carbons (Fsp3) is 0.579. The Hall–Kier alpha value is -1.88. The first-order valence-corrected chi connectivity index (χ1v) is 8.30. The van der Waals surface area contributed by atoms with Gasteiger partial charge in [0.1, 0.15) is 0 Å². The first-order chi connectivity index (χ1) is 11.3. The van der Waals surface area contributed by atoms with E-state index >= 15 is 0 Å². The van der Waals surface area contributed by atoms with Crippen LogP contribution in [-0.2, 0) is 19.1 Å². The zero-order valence-electron chi connectivity index (χ0n) is 15.3. The minimum atomic E-state index is -0.698. The Morgan fingerprint density at radius 2 is 1.79 bits per heavy atom. The summed E-state index contributed by atoms with van der Waals surface area (Å²) in [6.07, 6.45) is 0.126. The highest BCUT2D eigenvalue weighted by atomic mass is 16.5. The molecule has 0 radical (unpaired) electrons. The van der Waals surface area contributed by atoms with Gasteiger partial charge in [0.25, 0.3) is 5.91 Å². The van der Waals surface area contributed by atoms with Gasteiger partial charge in [-0.15, -0.1) is 0 Å². The summed E-state index contributed by atoms with van der Waals surface area (Å²) in [5, 5.41) is 2.95. The third kappa shape index (κ3) is 7.13. The Kier molecular flexibility index (Phi) is 7.92. The van der Waals surface area contributed by atoms with Gasteiger partial charge in [0.05, 0.1) is 13.0 Å². The predicted molar refractivity (Wildman–Crippen MR) is 93.4 cm³/mol. The van der Waals surface area contributed by atoms with Crippen LogP contribution in [0.3, 0.4) is 0 Å². The molecule has 0 heterocycles. The summed E-state index contributed by atoms with van der Waals surface area (Å²) < 4.78 is 10.4. The van der Waals surface area contributed by atoms with Crippen LogP contribution in [0.2, 0.25) is 0 Å². The lowest BCUT2D eigenvalue weighted by Gasteiger charge is -2.27. The summed E-state index contributed by atoms with van der Waals surface area (Å²) in [5.74, 6) is -0.553. The van der Waals surface area contributed by atoms with E-state index in [1.165, 1.54) is 7.11 Å². The molecule has 1 aromatic carbocycles. The van der Waals surface area contributed by atoms with E-state index in [1.807, 2.05) is 30.3 Å². The Morgan fingerprint density at radius 1 is 1.17 bits per heavy atom. The molecule has 2 atom stereocenters. The number of ether oxygens (including phenoxy) is 2. The minimum Gasteiger partial charge on any atom is -0.466 e. The van der Waals surface area contributed by atoms with Crippen molar-refractivity contribution < 1.29 is 19.1 Å². The highest BCUT2D eigenvalue weighted by molar-refractivity contribution is 5.83. The lowest BCUT2D eigenvalue weighted by Crippen LogP contribution is -2.42. The van der Waals surface area contributed by atoms with Crippen LogP contribution in [0.4, 0.5) is 0 Å². The van der Waals surface area contributed by atoms with Gasteiger partial charge in [-0.2, -0.15) is 0 Å². The van der Waals surface area contributed by atoms with Crippen LogP contribution in [0.1, 0.15) is 52.2 Å². The predicted octanol–water partition coefficient (Wildman–Crippen LogP) is 3.25. The van der Waals surface area contributed by atoms with Crippen LogP contribution in [0.15, 0.2) is 30.3 Å². The number of hydrogen-bond donors (Lipinski definition) is 1. The van der Waals surface area contributed by atoms with Gasteiger partial charge in [0.2, 0.25) is 0 Å². The van der Waals surface area contributed by atoms with Gasteiger partial charge >= 0.3 is 5.97 Å². The molecule has 134 valence electrons. The van der Waals surface area contributed by atoms with Gasteiger partial charge in [-0.3, -0.25) is 9.59 Å². The molecule has 0 fully saturated rings. The molecule has 0 saturated carbocycles. The number of rotatable bonds is 8. The van der Waals surface area contributed by atoms with Crippen LogP contribution in [0, 0.1) is 5.41 Å². The minimum absolute atomic E-state index is 0.0280. The van der Waals surface area contributed by atoms with E-state index in [9.17, 15) is 9.59 Å². The Morgan fingerprint density at radius 3 is 2.29 bits per heavy atom.